The lowest BCUT2D eigenvalue weighted by Gasteiger charge is -2.05. The number of fused-ring (bicyclic) bond motifs is 1. The number of carbonyl (C=O) groups is 1. The van der Waals surface area contributed by atoms with Gasteiger partial charge in [0.1, 0.15) is 18.5 Å². The zero-order chi connectivity index (χ0) is 15.5. The Balaban J connectivity index is 2.10. The van der Waals surface area contributed by atoms with E-state index in [0.29, 0.717) is 12.3 Å². The van der Waals surface area contributed by atoms with Gasteiger partial charge in [-0.3, -0.25) is 4.79 Å². The maximum absolute atomic E-state index is 11.7. The van der Waals surface area contributed by atoms with Crippen LogP contribution in [0.25, 0.3) is 22.3 Å². The Morgan fingerprint density at radius 1 is 1.27 bits per heavy atom. The van der Waals surface area contributed by atoms with Crippen molar-refractivity contribution in [3.63, 3.8) is 0 Å². The molecule has 112 valence electrons. The van der Waals surface area contributed by atoms with Crippen LogP contribution in [0.4, 0.5) is 0 Å². The van der Waals surface area contributed by atoms with E-state index in [1.165, 1.54) is 6.33 Å². The van der Waals surface area contributed by atoms with Crippen molar-refractivity contribution in [1.29, 1.82) is 0 Å². The average molecular weight is 360 g/mol. The summed E-state index contributed by atoms with van der Waals surface area (Å²) >= 11 is 3.54. The molecule has 0 N–H and O–H groups in total. The van der Waals surface area contributed by atoms with Crippen molar-refractivity contribution in [2.24, 2.45) is 0 Å². The van der Waals surface area contributed by atoms with Crippen LogP contribution in [0.3, 0.4) is 0 Å². The van der Waals surface area contributed by atoms with Crippen molar-refractivity contribution < 1.29 is 9.53 Å². The molecule has 0 saturated heterocycles. The summed E-state index contributed by atoms with van der Waals surface area (Å²) in [6.07, 6.45) is 3.35. The lowest BCUT2D eigenvalue weighted by Crippen LogP contribution is -2.13. The third kappa shape index (κ3) is 2.74. The van der Waals surface area contributed by atoms with Crippen molar-refractivity contribution in [3.05, 3.63) is 47.3 Å². The standard InChI is InChI=1S/C16H14BrN3O2/c1-2-22-13(21)9-20-8-12(17)14-15(18-10-19-16(14)20)11-6-4-3-5-7-11/h3-8,10H,2,9H2,1H3. The van der Waals surface area contributed by atoms with E-state index in [-0.39, 0.29) is 12.5 Å². The first-order valence-corrected chi connectivity index (χ1v) is 7.70. The van der Waals surface area contributed by atoms with E-state index in [4.69, 9.17) is 4.74 Å². The highest BCUT2D eigenvalue weighted by Crippen LogP contribution is 2.32. The minimum Gasteiger partial charge on any atom is -0.465 e. The van der Waals surface area contributed by atoms with Crippen LogP contribution in [0.2, 0.25) is 0 Å². The third-order valence-corrected chi connectivity index (χ3v) is 3.86. The number of hydrogen-bond donors (Lipinski definition) is 0. The minimum atomic E-state index is -0.285. The number of halogens is 1. The Hall–Kier alpha value is -2.21. The quantitative estimate of drug-likeness (QED) is 0.669. The molecular weight excluding hydrogens is 346 g/mol. The summed E-state index contributed by atoms with van der Waals surface area (Å²) in [4.78, 5) is 20.4. The Morgan fingerprint density at radius 3 is 2.77 bits per heavy atom. The Morgan fingerprint density at radius 2 is 2.05 bits per heavy atom. The van der Waals surface area contributed by atoms with Crippen molar-refractivity contribution in [2.45, 2.75) is 13.5 Å². The van der Waals surface area contributed by atoms with Gasteiger partial charge in [0.15, 0.2) is 0 Å². The molecule has 0 aliphatic rings. The topological polar surface area (TPSA) is 57.0 Å². The van der Waals surface area contributed by atoms with E-state index >= 15 is 0 Å². The van der Waals surface area contributed by atoms with Gasteiger partial charge in [-0.05, 0) is 22.9 Å². The van der Waals surface area contributed by atoms with Gasteiger partial charge < -0.3 is 9.30 Å². The van der Waals surface area contributed by atoms with Gasteiger partial charge in [0.25, 0.3) is 0 Å². The third-order valence-electron chi connectivity index (χ3n) is 3.26. The molecule has 0 aliphatic heterocycles. The van der Waals surface area contributed by atoms with E-state index in [9.17, 15) is 4.79 Å². The zero-order valence-corrected chi connectivity index (χ0v) is 13.6. The highest BCUT2D eigenvalue weighted by molar-refractivity contribution is 9.10. The summed E-state index contributed by atoms with van der Waals surface area (Å²) in [7, 11) is 0. The number of nitrogens with zero attached hydrogens (tertiary/aromatic N) is 3. The second-order valence-corrected chi connectivity index (χ2v) is 5.55. The first-order valence-electron chi connectivity index (χ1n) is 6.91. The molecule has 0 bridgehead atoms. The number of rotatable bonds is 4. The fraction of sp³-hybridized carbons (Fsp3) is 0.188. The maximum atomic E-state index is 11.7. The normalized spacial score (nSPS) is 10.8. The van der Waals surface area contributed by atoms with E-state index in [1.54, 1.807) is 11.5 Å². The molecule has 0 saturated carbocycles. The Kier molecular flexibility index (Phi) is 4.20. The summed E-state index contributed by atoms with van der Waals surface area (Å²) in [5, 5.41) is 0.887. The van der Waals surface area contributed by atoms with Crippen molar-refractivity contribution in [1.82, 2.24) is 14.5 Å². The summed E-state index contributed by atoms with van der Waals surface area (Å²) < 4.78 is 7.62. The second-order valence-electron chi connectivity index (χ2n) is 4.70. The molecule has 0 spiro atoms. The average Bonchev–Trinajstić information content (AvgIpc) is 2.85. The van der Waals surface area contributed by atoms with Gasteiger partial charge in [-0.25, -0.2) is 9.97 Å². The molecule has 0 radical (unpaired) electrons. The first-order chi connectivity index (χ1) is 10.7. The molecule has 2 heterocycles. The highest BCUT2D eigenvalue weighted by atomic mass is 79.9. The van der Waals surface area contributed by atoms with Crippen LogP contribution in [-0.4, -0.2) is 27.1 Å². The minimum absolute atomic E-state index is 0.126. The second kappa shape index (κ2) is 6.27. The summed E-state index contributed by atoms with van der Waals surface area (Å²) in [5.74, 6) is -0.285. The summed E-state index contributed by atoms with van der Waals surface area (Å²) in [6.45, 7) is 2.28. The SMILES string of the molecule is CCOC(=O)Cn1cc(Br)c2c(-c3ccccc3)ncnc21. The highest BCUT2D eigenvalue weighted by Gasteiger charge is 2.16. The van der Waals surface area contributed by atoms with Gasteiger partial charge in [0.05, 0.1) is 17.7 Å². The molecule has 2 aromatic heterocycles. The van der Waals surface area contributed by atoms with E-state index < -0.39 is 0 Å². The molecule has 22 heavy (non-hydrogen) atoms. The summed E-state index contributed by atoms with van der Waals surface area (Å²) in [6, 6.07) is 9.89. The number of hydrogen-bond acceptors (Lipinski definition) is 4. The van der Waals surface area contributed by atoms with Crippen LogP contribution >= 0.6 is 15.9 Å². The molecule has 0 fully saturated rings. The lowest BCUT2D eigenvalue weighted by atomic mass is 10.1. The van der Waals surface area contributed by atoms with Crippen LogP contribution in [0.15, 0.2) is 47.3 Å². The van der Waals surface area contributed by atoms with Gasteiger partial charge >= 0.3 is 5.97 Å². The number of carbonyl (C=O) groups excluding carboxylic acids is 1. The smallest absolute Gasteiger partial charge is 0.325 e. The van der Waals surface area contributed by atoms with Crippen LogP contribution in [0, 0.1) is 0 Å². The fourth-order valence-corrected chi connectivity index (χ4v) is 2.97. The van der Waals surface area contributed by atoms with Crippen molar-refractivity contribution in [3.8, 4) is 11.3 Å². The molecule has 0 atom stereocenters. The molecular formula is C16H14BrN3O2. The number of benzene rings is 1. The van der Waals surface area contributed by atoms with Crippen LogP contribution < -0.4 is 0 Å². The van der Waals surface area contributed by atoms with E-state index in [0.717, 1.165) is 21.1 Å². The summed E-state index contributed by atoms with van der Waals surface area (Å²) in [5.41, 5.74) is 2.54. The van der Waals surface area contributed by atoms with E-state index in [2.05, 4.69) is 25.9 Å². The van der Waals surface area contributed by atoms with Gasteiger partial charge in [0.2, 0.25) is 0 Å². The molecule has 3 aromatic rings. The van der Waals surface area contributed by atoms with Crippen molar-refractivity contribution >= 4 is 32.9 Å². The fourth-order valence-electron chi connectivity index (χ4n) is 2.36. The van der Waals surface area contributed by atoms with Gasteiger partial charge in [0, 0.05) is 16.2 Å². The molecule has 3 rings (SSSR count). The zero-order valence-electron chi connectivity index (χ0n) is 12.0. The molecule has 6 heteroatoms. The predicted molar refractivity (Wildman–Crippen MR) is 87.3 cm³/mol. The van der Waals surface area contributed by atoms with Gasteiger partial charge in [-0.15, -0.1) is 0 Å². The molecule has 5 nitrogen and oxygen atoms in total. The van der Waals surface area contributed by atoms with E-state index in [1.807, 2.05) is 36.5 Å². The number of ether oxygens (including phenoxy) is 1. The number of aromatic nitrogens is 3. The maximum Gasteiger partial charge on any atom is 0.325 e. The molecule has 0 amide bonds. The monoisotopic (exact) mass is 359 g/mol. The molecule has 0 unspecified atom stereocenters. The Labute approximate surface area is 136 Å². The lowest BCUT2D eigenvalue weighted by molar-refractivity contribution is -0.143. The molecule has 0 aliphatic carbocycles. The van der Waals surface area contributed by atoms with Gasteiger partial charge in [-0.1, -0.05) is 30.3 Å². The Bertz CT molecular complexity index is 815. The number of esters is 1. The van der Waals surface area contributed by atoms with Gasteiger partial charge in [-0.2, -0.15) is 0 Å². The van der Waals surface area contributed by atoms with Crippen LogP contribution in [0.5, 0.6) is 0 Å². The van der Waals surface area contributed by atoms with Crippen LogP contribution in [-0.2, 0) is 16.1 Å². The first kappa shape index (κ1) is 14.7. The van der Waals surface area contributed by atoms with Crippen molar-refractivity contribution in [2.75, 3.05) is 6.61 Å². The largest absolute Gasteiger partial charge is 0.465 e. The van der Waals surface area contributed by atoms with Crippen LogP contribution in [0.1, 0.15) is 6.92 Å². The molecule has 1 aromatic carbocycles. The predicted octanol–water partition coefficient (Wildman–Crippen LogP) is 3.42.